The zero-order chi connectivity index (χ0) is 13.0. The molecule has 0 spiro atoms. The molecule has 0 aromatic heterocycles. The third kappa shape index (κ3) is 3.39. The van der Waals surface area contributed by atoms with Crippen LogP contribution in [0.4, 0.5) is 0 Å². The summed E-state index contributed by atoms with van der Waals surface area (Å²) in [5.41, 5.74) is 0. The number of carbonyl (C=O) groups is 1. The summed E-state index contributed by atoms with van der Waals surface area (Å²) in [6.45, 7) is 0.0636. The molecule has 1 aromatic carbocycles. The summed E-state index contributed by atoms with van der Waals surface area (Å²) in [7, 11) is 0. The average molecular weight is 287 g/mol. The van der Waals surface area contributed by atoms with Crippen LogP contribution >= 0.6 is 23.2 Å². The SMILES string of the molecule is O=C(COc1c(Cl)cccc1Cl)C1CCCCC1. The minimum absolute atomic E-state index is 0.0636. The monoisotopic (exact) mass is 286 g/mol. The summed E-state index contributed by atoms with van der Waals surface area (Å²) in [5, 5.41) is 0.887. The van der Waals surface area contributed by atoms with E-state index in [1.54, 1.807) is 18.2 Å². The van der Waals surface area contributed by atoms with Gasteiger partial charge in [-0.25, -0.2) is 0 Å². The van der Waals surface area contributed by atoms with Crippen LogP contribution < -0.4 is 4.74 Å². The lowest BCUT2D eigenvalue weighted by atomic mass is 9.86. The maximum atomic E-state index is 12.0. The first-order valence-electron chi connectivity index (χ1n) is 6.28. The van der Waals surface area contributed by atoms with Gasteiger partial charge in [-0.3, -0.25) is 4.79 Å². The van der Waals surface area contributed by atoms with Gasteiger partial charge in [-0.2, -0.15) is 0 Å². The quantitative estimate of drug-likeness (QED) is 0.813. The normalized spacial score (nSPS) is 16.6. The van der Waals surface area contributed by atoms with Crippen LogP contribution in [0.3, 0.4) is 0 Å². The van der Waals surface area contributed by atoms with Crippen LogP contribution in [-0.4, -0.2) is 12.4 Å². The van der Waals surface area contributed by atoms with Crippen molar-refractivity contribution < 1.29 is 9.53 Å². The Balaban J connectivity index is 1.92. The van der Waals surface area contributed by atoms with E-state index in [0.29, 0.717) is 15.8 Å². The summed E-state index contributed by atoms with van der Waals surface area (Å²) in [4.78, 5) is 12.0. The number of carbonyl (C=O) groups excluding carboxylic acids is 1. The molecule has 4 heteroatoms. The molecule has 0 heterocycles. The van der Waals surface area contributed by atoms with Gasteiger partial charge in [0.15, 0.2) is 11.5 Å². The summed E-state index contributed by atoms with van der Waals surface area (Å²) in [6, 6.07) is 5.15. The molecule has 0 aliphatic heterocycles. The first-order chi connectivity index (χ1) is 8.68. The van der Waals surface area contributed by atoms with Crippen molar-refractivity contribution in [1.29, 1.82) is 0 Å². The van der Waals surface area contributed by atoms with Crippen molar-refractivity contribution in [3.8, 4) is 5.75 Å². The molecular weight excluding hydrogens is 271 g/mol. The van der Waals surface area contributed by atoms with Crippen molar-refractivity contribution in [2.75, 3.05) is 6.61 Å². The summed E-state index contributed by atoms with van der Waals surface area (Å²) >= 11 is 12.0. The van der Waals surface area contributed by atoms with Crippen molar-refractivity contribution in [2.45, 2.75) is 32.1 Å². The van der Waals surface area contributed by atoms with Gasteiger partial charge in [0.05, 0.1) is 10.0 Å². The Morgan fingerprint density at radius 2 is 1.78 bits per heavy atom. The van der Waals surface area contributed by atoms with Gasteiger partial charge in [0.1, 0.15) is 6.61 Å². The molecule has 18 heavy (non-hydrogen) atoms. The van der Waals surface area contributed by atoms with Crippen LogP contribution in [0.5, 0.6) is 5.75 Å². The van der Waals surface area contributed by atoms with Crippen molar-refractivity contribution in [3.63, 3.8) is 0 Å². The van der Waals surface area contributed by atoms with Crippen LogP contribution in [0.25, 0.3) is 0 Å². The van der Waals surface area contributed by atoms with Gasteiger partial charge >= 0.3 is 0 Å². The number of hydrogen-bond donors (Lipinski definition) is 0. The fraction of sp³-hybridized carbons (Fsp3) is 0.500. The molecule has 1 aliphatic carbocycles. The fourth-order valence-electron chi connectivity index (χ4n) is 2.31. The molecular formula is C14H16Cl2O2. The molecule has 1 aromatic rings. The van der Waals surface area contributed by atoms with Gasteiger partial charge < -0.3 is 4.74 Å². The lowest BCUT2D eigenvalue weighted by Gasteiger charge is -2.20. The molecule has 98 valence electrons. The number of Topliss-reactive ketones (excluding diaryl/α,β-unsaturated/α-hetero) is 1. The van der Waals surface area contributed by atoms with E-state index >= 15 is 0 Å². The Morgan fingerprint density at radius 3 is 2.39 bits per heavy atom. The standard InChI is InChI=1S/C14H16Cl2O2/c15-11-7-4-8-12(16)14(11)18-9-13(17)10-5-2-1-3-6-10/h4,7-8,10H,1-3,5-6,9H2. The van der Waals surface area contributed by atoms with Crippen LogP contribution in [-0.2, 0) is 4.79 Å². The largest absolute Gasteiger partial charge is 0.483 e. The highest BCUT2D eigenvalue weighted by molar-refractivity contribution is 6.37. The van der Waals surface area contributed by atoms with E-state index in [2.05, 4.69) is 0 Å². The Labute approximate surface area is 117 Å². The van der Waals surface area contributed by atoms with E-state index in [9.17, 15) is 4.79 Å². The van der Waals surface area contributed by atoms with E-state index < -0.39 is 0 Å². The molecule has 2 nitrogen and oxygen atoms in total. The van der Waals surface area contributed by atoms with E-state index in [0.717, 1.165) is 25.7 Å². The minimum Gasteiger partial charge on any atom is -0.483 e. The number of ketones is 1. The van der Waals surface area contributed by atoms with Crippen molar-refractivity contribution >= 4 is 29.0 Å². The van der Waals surface area contributed by atoms with Crippen molar-refractivity contribution in [3.05, 3.63) is 28.2 Å². The molecule has 1 aliphatic rings. The highest BCUT2D eigenvalue weighted by atomic mass is 35.5. The maximum absolute atomic E-state index is 12.0. The zero-order valence-corrected chi connectivity index (χ0v) is 11.6. The van der Waals surface area contributed by atoms with Crippen LogP contribution in [0.1, 0.15) is 32.1 Å². The predicted molar refractivity (Wildman–Crippen MR) is 73.5 cm³/mol. The van der Waals surface area contributed by atoms with Gasteiger partial charge in [-0.1, -0.05) is 48.5 Å². The van der Waals surface area contributed by atoms with Gasteiger partial charge in [0.2, 0.25) is 0 Å². The Kier molecular flexibility index (Phi) is 4.90. The number of halogens is 2. The Hall–Kier alpha value is -0.730. The topological polar surface area (TPSA) is 26.3 Å². The first-order valence-corrected chi connectivity index (χ1v) is 7.03. The minimum atomic E-state index is 0.0636. The molecule has 1 fully saturated rings. The van der Waals surface area contributed by atoms with Crippen molar-refractivity contribution in [1.82, 2.24) is 0 Å². The van der Waals surface area contributed by atoms with E-state index in [4.69, 9.17) is 27.9 Å². The third-order valence-electron chi connectivity index (χ3n) is 3.34. The molecule has 0 bridgehead atoms. The molecule has 0 unspecified atom stereocenters. The molecule has 1 saturated carbocycles. The van der Waals surface area contributed by atoms with Gasteiger partial charge in [0.25, 0.3) is 0 Å². The lowest BCUT2D eigenvalue weighted by Crippen LogP contribution is -2.23. The van der Waals surface area contributed by atoms with E-state index in [-0.39, 0.29) is 18.3 Å². The highest BCUT2D eigenvalue weighted by Crippen LogP contribution is 2.32. The molecule has 0 amide bonds. The Bertz CT molecular complexity index is 406. The van der Waals surface area contributed by atoms with E-state index in [1.807, 2.05) is 0 Å². The highest BCUT2D eigenvalue weighted by Gasteiger charge is 2.21. The number of para-hydroxylation sites is 1. The lowest BCUT2D eigenvalue weighted by molar-refractivity contribution is -0.125. The molecule has 2 rings (SSSR count). The number of benzene rings is 1. The van der Waals surface area contributed by atoms with Gasteiger partial charge in [-0.05, 0) is 25.0 Å². The van der Waals surface area contributed by atoms with Gasteiger partial charge in [0, 0.05) is 5.92 Å². The average Bonchev–Trinajstić information content (AvgIpc) is 2.39. The maximum Gasteiger partial charge on any atom is 0.173 e. The van der Waals surface area contributed by atoms with Gasteiger partial charge in [-0.15, -0.1) is 0 Å². The third-order valence-corrected chi connectivity index (χ3v) is 3.93. The first kappa shape index (κ1) is 13.7. The number of rotatable bonds is 4. The molecule has 0 N–H and O–H groups in total. The second-order valence-corrected chi connectivity index (χ2v) is 5.46. The molecule has 0 atom stereocenters. The second kappa shape index (κ2) is 6.44. The second-order valence-electron chi connectivity index (χ2n) is 4.64. The zero-order valence-electron chi connectivity index (χ0n) is 10.1. The van der Waals surface area contributed by atoms with Crippen LogP contribution in [0.15, 0.2) is 18.2 Å². The Morgan fingerprint density at radius 1 is 1.17 bits per heavy atom. The van der Waals surface area contributed by atoms with Crippen LogP contribution in [0.2, 0.25) is 10.0 Å². The van der Waals surface area contributed by atoms with Crippen molar-refractivity contribution in [2.24, 2.45) is 5.92 Å². The van der Waals surface area contributed by atoms with Crippen LogP contribution in [0, 0.1) is 5.92 Å². The fourth-order valence-corrected chi connectivity index (χ4v) is 2.81. The summed E-state index contributed by atoms with van der Waals surface area (Å²) < 4.78 is 5.47. The van der Waals surface area contributed by atoms with E-state index in [1.165, 1.54) is 6.42 Å². The predicted octanol–water partition coefficient (Wildman–Crippen LogP) is 4.52. The molecule has 0 radical (unpaired) electrons. The molecule has 0 saturated heterocycles. The number of hydrogen-bond acceptors (Lipinski definition) is 2. The summed E-state index contributed by atoms with van der Waals surface area (Å²) in [6.07, 6.45) is 5.49. The summed E-state index contributed by atoms with van der Waals surface area (Å²) in [5.74, 6) is 0.718. The number of ether oxygens (including phenoxy) is 1. The smallest absolute Gasteiger partial charge is 0.173 e.